The minimum Gasteiger partial charge on any atom is -0.497 e. The van der Waals surface area contributed by atoms with Crippen LogP contribution in [0.5, 0.6) is 11.5 Å². The van der Waals surface area contributed by atoms with Crippen molar-refractivity contribution in [1.29, 1.82) is 0 Å². The van der Waals surface area contributed by atoms with E-state index in [0.29, 0.717) is 34.6 Å². The fourth-order valence-electron chi connectivity index (χ4n) is 2.69. The van der Waals surface area contributed by atoms with Crippen LogP contribution in [0.15, 0.2) is 47.5 Å². The molecule has 29 heavy (non-hydrogen) atoms. The number of nitrogens with one attached hydrogen (secondary N) is 2. The number of hydrogen-bond acceptors (Lipinski definition) is 4. The summed E-state index contributed by atoms with van der Waals surface area (Å²) in [5, 5.41) is 17.8. The van der Waals surface area contributed by atoms with E-state index in [-0.39, 0.29) is 36.6 Å². The first kappa shape index (κ1) is 25.3. The second-order valence-electron chi connectivity index (χ2n) is 6.30. The summed E-state index contributed by atoms with van der Waals surface area (Å²) in [7, 11) is 3.15. The first-order valence-corrected chi connectivity index (χ1v) is 9.56. The molecule has 2 aromatic carbocycles. The maximum absolute atomic E-state index is 10.6. The van der Waals surface area contributed by atoms with Gasteiger partial charge in [0.2, 0.25) is 0 Å². The van der Waals surface area contributed by atoms with Gasteiger partial charge in [-0.25, -0.2) is 0 Å². The third kappa shape index (κ3) is 7.91. The molecule has 0 aliphatic rings. The Morgan fingerprint density at radius 3 is 2.31 bits per heavy atom. The predicted molar refractivity (Wildman–Crippen MR) is 129 cm³/mol. The zero-order chi connectivity index (χ0) is 20.5. The number of benzene rings is 2. The maximum atomic E-state index is 10.6. The number of aliphatic imine (C=N–C) groups is 1. The summed E-state index contributed by atoms with van der Waals surface area (Å²) in [6.07, 6.45) is -0.791. The highest BCUT2D eigenvalue weighted by Crippen LogP contribution is 2.26. The number of rotatable bonds is 8. The van der Waals surface area contributed by atoms with Gasteiger partial charge in [0.05, 0.1) is 32.9 Å². The van der Waals surface area contributed by atoms with Crippen LogP contribution in [-0.4, -0.2) is 38.4 Å². The lowest BCUT2D eigenvalue weighted by atomic mass is 10.1. The SMILES string of the molecule is CCNC(=NCC(O)c1cc(OC)cc(OC)c1)NC(C)c1cccc(Cl)c1.I. The first-order valence-electron chi connectivity index (χ1n) is 9.18. The molecule has 2 atom stereocenters. The summed E-state index contributed by atoms with van der Waals surface area (Å²) >= 11 is 6.08. The average Bonchev–Trinajstić information content (AvgIpc) is 2.71. The number of hydrogen-bond donors (Lipinski definition) is 3. The van der Waals surface area contributed by atoms with Crippen molar-refractivity contribution < 1.29 is 14.6 Å². The fourth-order valence-corrected chi connectivity index (χ4v) is 2.89. The molecule has 0 radical (unpaired) electrons. The highest BCUT2D eigenvalue weighted by atomic mass is 127. The van der Waals surface area contributed by atoms with Gasteiger partial charge in [0, 0.05) is 17.6 Å². The van der Waals surface area contributed by atoms with Crippen LogP contribution in [0.3, 0.4) is 0 Å². The number of aliphatic hydroxyl groups is 1. The van der Waals surface area contributed by atoms with Gasteiger partial charge >= 0.3 is 0 Å². The molecule has 0 amide bonds. The van der Waals surface area contributed by atoms with E-state index < -0.39 is 6.10 Å². The molecule has 0 saturated carbocycles. The van der Waals surface area contributed by atoms with Crippen molar-refractivity contribution in [3.8, 4) is 11.5 Å². The zero-order valence-electron chi connectivity index (χ0n) is 17.1. The molecule has 0 saturated heterocycles. The molecule has 0 heterocycles. The second-order valence-corrected chi connectivity index (χ2v) is 6.74. The van der Waals surface area contributed by atoms with Crippen LogP contribution in [0.2, 0.25) is 5.02 Å². The molecule has 0 aliphatic heterocycles. The van der Waals surface area contributed by atoms with Gasteiger partial charge in [0.15, 0.2) is 5.96 Å². The van der Waals surface area contributed by atoms with Crippen molar-refractivity contribution in [2.75, 3.05) is 27.3 Å². The number of methoxy groups -OCH3 is 2. The minimum absolute atomic E-state index is 0. The van der Waals surface area contributed by atoms with Crippen LogP contribution in [0, 0.1) is 0 Å². The predicted octanol–water partition coefficient (Wildman–Crippen LogP) is 4.32. The Morgan fingerprint density at radius 1 is 1.10 bits per heavy atom. The van der Waals surface area contributed by atoms with Crippen molar-refractivity contribution in [2.24, 2.45) is 4.99 Å². The Labute approximate surface area is 194 Å². The van der Waals surface area contributed by atoms with Crippen LogP contribution < -0.4 is 20.1 Å². The number of aliphatic hydroxyl groups excluding tert-OH is 1. The van der Waals surface area contributed by atoms with Gasteiger partial charge in [-0.05, 0) is 49.2 Å². The molecule has 8 heteroatoms. The van der Waals surface area contributed by atoms with Crippen LogP contribution in [0.4, 0.5) is 0 Å². The van der Waals surface area contributed by atoms with E-state index in [4.69, 9.17) is 21.1 Å². The lowest BCUT2D eigenvalue weighted by Gasteiger charge is -2.19. The van der Waals surface area contributed by atoms with Gasteiger partial charge in [0.1, 0.15) is 11.5 Å². The van der Waals surface area contributed by atoms with Crippen molar-refractivity contribution in [3.63, 3.8) is 0 Å². The van der Waals surface area contributed by atoms with E-state index in [2.05, 4.69) is 15.6 Å². The summed E-state index contributed by atoms with van der Waals surface area (Å²) in [5.41, 5.74) is 1.73. The van der Waals surface area contributed by atoms with E-state index in [1.165, 1.54) is 0 Å². The van der Waals surface area contributed by atoms with Crippen molar-refractivity contribution >= 4 is 41.5 Å². The topological polar surface area (TPSA) is 75.1 Å². The lowest BCUT2D eigenvalue weighted by Crippen LogP contribution is -2.39. The Bertz CT molecular complexity index is 782. The molecule has 0 bridgehead atoms. The van der Waals surface area contributed by atoms with Gasteiger partial charge in [0.25, 0.3) is 0 Å². The van der Waals surface area contributed by atoms with Crippen LogP contribution >= 0.6 is 35.6 Å². The van der Waals surface area contributed by atoms with Gasteiger partial charge in [-0.2, -0.15) is 0 Å². The zero-order valence-corrected chi connectivity index (χ0v) is 20.2. The van der Waals surface area contributed by atoms with Gasteiger partial charge in [-0.1, -0.05) is 23.7 Å². The van der Waals surface area contributed by atoms with Crippen molar-refractivity contribution in [2.45, 2.75) is 26.0 Å². The molecule has 0 fully saturated rings. The summed E-state index contributed by atoms with van der Waals surface area (Å²) < 4.78 is 10.5. The maximum Gasteiger partial charge on any atom is 0.191 e. The minimum atomic E-state index is -0.791. The summed E-state index contributed by atoms with van der Waals surface area (Å²) in [6.45, 7) is 4.91. The third-order valence-electron chi connectivity index (χ3n) is 4.23. The third-order valence-corrected chi connectivity index (χ3v) is 4.46. The molecule has 0 spiro atoms. The lowest BCUT2D eigenvalue weighted by molar-refractivity contribution is 0.186. The molecule has 0 aliphatic carbocycles. The quantitative estimate of drug-likeness (QED) is 0.268. The van der Waals surface area contributed by atoms with Crippen LogP contribution in [0.25, 0.3) is 0 Å². The van der Waals surface area contributed by atoms with E-state index in [1.54, 1.807) is 32.4 Å². The largest absolute Gasteiger partial charge is 0.497 e. The fraction of sp³-hybridized carbons (Fsp3) is 0.381. The monoisotopic (exact) mass is 533 g/mol. The van der Waals surface area contributed by atoms with Crippen molar-refractivity contribution in [3.05, 3.63) is 58.6 Å². The normalized spacial score (nSPS) is 13.1. The summed E-state index contributed by atoms with van der Waals surface area (Å²) in [4.78, 5) is 4.52. The number of ether oxygens (including phenoxy) is 2. The molecular weight excluding hydrogens is 505 g/mol. The van der Waals surface area contributed by atoms with Gasteiger partial charge in [-0.3, -0.25) is 4.99 Å². The van der Waals surface area contributed by atoms with Crippen molar-refractivity contribution in [1.82, 2.24) is 10.6 Å². The van der Waals surface area contributed by atoms with Crippen LogP contribution in [0.1, 0.15) is 37.1 Å². The first-order chi connectivity index (χ1) is 13.5. The van der Waals surface area contributed by atoms with E-state index in [0.717, 1.165) is 5.56 Å². The Hall–Kier alpha value is -1.71. The second kappa shape index (κ2) is 12.8. The van der Waals surface area contributed by atoms with Crippen LogP contribution in [-0.2, 0) is 0 Å². The average molecular weight is 534 g/mol. The van der Waals surface area contributed by atoms with E-state index >= 15 is 0 Å². The standard InChI is InChI=1S/C21H28ClN3O3.HI/c1-5-23-21(25-14(2)15-7-6-8-17(22)9-15)24-13-20(26)16-10-18(27-3)12-19(11-16)28-4;/h6-12,14,20,26H,5,13H2,1-4H3,(H2,23,24,25);1H. The number of halogens is 2. The Balaban J connectivity index is 0.00000420. The van der Waals surface area contributed by atoms with Gasteiger partial charge in [-0.15, -0.1) is 24.0 Å². The molecule has 2 unspecified atom stereocenters. The Kier molecular flexibility index (Phi) is 11.2. The molecule has 2 rings (SSSR count). The molecule has 3 N–H and O–H groups in total. The van der Waals surface area contributed by atoms with E-state index in [1.807, 2.05) is 38.1 Å². The van der Waals surface area contributed by atoms with Gasteiger partial charge < -0.3 is 25.2 Å². The summed E-state index contributed by atoms with van der Waals surface area (Å²) in [6, 6.07) is 13.0. The molecule has 160 valence electrons. The summed E-state index contributed by atoms with van der Waals surface area (Å²) in [5.74, 6) is 1.86. The molecule has 6 nitrogen and oxygen atoms in total. The number of guanidine groups is 1. The number of nitrogens with zero attached hydrogens (tertiary/aromatic N) is 1. The van der Waals surface area contributed by atoms with E-state index in [9.17, 15) is 5.11 Å². The smallest absolute Gasteiger partial charge is 0.191 e. The highest BCUT2D eigenvalue weighted by molar-refractivity contribution is 14.0. The molecular formula is C21H29ClIN3O3. The molecule has 2 aromatic rings. The highest BCUT2D eigenvalue weighted by Gasteiger charge is 2.13. The molecule has 0 aromatic heterocycles. The Morgan fingerprint density at radius 2 is 1.76 bits per heavy atom.